The zero-order valence-corrected chi connectivity index (χ0v) is 78.0. The molecule has 37 heteroatoms. The maximum Gasteiger partial charge on any atom is 0.329 e. The Morgan fingerprint density at radius 3 is 2.20 bits per heavy atom. The molecule has 0 unspecified atom stereocenters. The second-order valence-electron chi connectivity index (χ2n) is 35.7. The number of benzene rings is 2. The number of methoxy groups -OCH3 is 2. The summed E-state index contributed by atoms with van der Waals surface area (Å²) < 4.78 is 68.5. The Bertz CT molecular complexity index is 5070. The predicted octanol–water partition coefficient (Wildman–Crippen LogP) is 7.99. The van der Waals surface area contributed by atoms with Gasteiger partial charge in [-0.2, -0.15) is 10.1 Å². The number of ketones is 3. The number of Topliss-reactive ketones (excluding diaryl/α,β-unsaturated/α-hetero) is 3. The summed E-state index contributed by atoms with van der Waals surface area (Å²) in [5.74, 6) is -8.11. The van der Waals surface area contributed by atoms with Gasteiger partial charge in [0.2, 0.25) is 17.6 Å². The number of anilines is 3. The van der Waals surface area contributed by atoms with E-state index >= 15 is 0 Å². The van der Waals surface area contributed by atoms with Gasteiger partial charge < -0.3 is 99.4 Å². The van der Waals surface area contributed by atoms with E-state index in [4.69, 9.17) is 84.1 Å². The van der Waals surface area contributed by atoms with Crippen molar-refractivity contribution >= 4 is 75.0 Å². The van der Waals surface area contributed by atoms with Gasteiger partial charge in [-0.3, -0.25) is 28.9 Å². The molecule has 5 aromatic heterocycles. The molecule has 2 aromatic carbocycles. The number of unbranched alkanes of at least 4 members (excludes halogenated alkanes) is 1. The lowest BCUT2D eigenvalue weighted by atomic mass is 9.80. The van der Waals surface area contributed by atoms with Gasteiger partial charge in [-0.05, 0) is 149 Å². The van der Waals surface area contributed by atoms with Crippen LogP contribution in [-0.4, -0.2) is 290 Å². The topological polar surface area (TPSA) is 481 Å². The molecular formula is C96H135N17O20. The number of piperidine rings is 1. The van der Waals surface area contributed by atoms with Crippen LogP contribution in [0.5, 0.6) is 0 Å². The highest BCUT2D eigenvalue weighted by atomic mass is 16.6. The summed E-state index contributed by atoms with van der Waals surface area (Å²) in [6, 6.07) is 11.5. The molecule has 12 rings (SSSR count). The third-order valence-corrected chi connectivity index (χ3v) is 25.7. The standard InChI is InChI=1S/C96H135N17O20/c1-61-17-10-9-11-18-62(2)80(123-7)53-73-25-22-66(6)96(122,133-73)89(119)92(120)112-30-14-12-21-76(112)93(121)131-81(54-77(114)63(3)48-65(5)87(117)88(118)86(116)64(4)47-61)74(97)50-67-23-26-79(82(51-67)124-8)130-59-68-19-16-20-69(49-68)71-55-101-95(102-56-71)110-34-32-109(33-35-110)57-72-58-111(108-106-72)36-38-126-40-42-128-44-46-129-45-43-127-41-39-125-37-28-83(115)100-29-13-15-31-113-91-84(90(98)103-60-104-91)85(107-113)70-24-27-78-75(52-70)105-94(99)132-78/h9-11,16-20,24,27,48-49,52,55-56,58,60-61,63-64,66-67,73-74,76,79-82,87-88,117-118,122H,12-15,21-23,25-26,28-47,50-51,53-54,57,59,97H2,1-8H3,(H2,99,105)(H,100,115)(H2,98,103,104)/b11-9?,17-10+,62-18?,65-48+/t61-,63-,64-,66-,67+,73+,74-,76+,79-,80+,81+,82-,87-,88+,96-/m1/s1. The van der Waals surface area contributed by atoms with Gasteiger partial charge in [-0.25, -0.2) is 34.1 Å². The smallest absolute Gasteiger partial charge is 0.329 e. The van der Waals surface area contributed by atoms with Crippen LogP contribution in [-0.2, 0) is 102 Å². The van der Waals surface area contributed by atoms with Gasteiger partial charge in [0.05, 0.1) is 115 Å². The molecule has 4 aliphatic heterocycles. The average Bonchev–Trinajstić information content (AvgIpc) is 1.70. The number of nitrogens with zero attached hydrogens (tertiary/aromatic N) is 13. The molecule has 15 atom stereocenters. The molecule has 1 saturated carbocycles. The number of hydrogen-bond donors (Lipinski definition) is 7. The Morgan fingerprint density at radius 2 is 1.47 bits per heavy atom. The molecule has 133 heavy (non-hydrogen) atoms. The molecule has 7 aromatic rings. The lowest BCUT2D eigenvalue weighted by Gasteiger charge is -2.42. The van der Waals surface area contributed by atoms with Crippen LogP contribution in [0.3, 0.4) is 0 Å². The zero-order chi connectivity index (χ0) is 94.5. The quantitative estimate of drug-likeness (QED) is 0.00846. The van der Waals surface area contributed by atoms with Crippen molar-refractivity contribution in [2.45, 2.75) is 225 Å². The number of cyclic esters (lactones) is 1. The molecule has 0 spiro atoms. The molecule has 0 radical (unpaired) electrons. The van der Waals surface area contributed by atoms with Gasteiger partial charge >= 0.3 is 5.97 Å². The highest BCUT2D eigenvalue weighted by Crippen LogP contribution is 2.39. The number of hydrogen-bond acceptors (Lipinski definition) is 33. The number of piperazine rings is 1. The molecule has 3 saturated heterocycles. The Kier molecular flexibility index (Phi) is 38.6. The van der Waals surface area contributed by atoms with E-state index < -0.39 is 95.4 Å². The molecular weight excluding hydrogens is 1710 g/mol. The van der Waals surface area contributed by atoms with E-state index in [9.17, 15) is 44.1 Å². The van der Waals surface area contributed by atoms with Gasteiger partial charge in [-0.1, -0.05) is 87.6 Å². The minimum atomic E-state index is -2.50. The normalized spacial score (nSPS) is 26.0. The Morgan fingerprint density at radius 1 is 0.729 bits per heavy atom. The number of nitrogens with one attached hydrogen (secondary N) is 1. The summed E-state index contributed by atoms with van der Waals surface area (Å²) in [6.45, 7) is 20.0. The Balaban J connectivity index is 0.522. The summed E-state index contributed by atoms with van der Waals surface area (Å²) in [6.07, 6.45) is 17.7. The van der Waals surface area contributed by atoms with Crippen molar-refractivity contribution in [1.29, 1.82) is 0 Å². The first-order valence-electron chi connectivity index (χ1n) is 46.8. The number of aryl methyl sites for hydroxylation is 1. The van der Waals surface area contributed by atoms with E-state index in [2.05, 4.69) is 46.4 Å². The molecule has 2 bridgehead atoms. The van der Waals surface area contributed by atoms with Crippen LogP contribution in [0.4, 0.5) is 17.8 Å². The Labute approximate surface area is 776 Å². The number of ether oxygens (including phenoxy) is 10. The van der Waals surface area contributed by atoms with Gasteiger partial charge in [0.25, 0.3) is 17.7 Å². The van der Waals surface area contributed by atoms with Crippen LogP contribution in [0.25, 0.3) is 44.5 Å². The Hall–Kier alpha value is -10.1. The van der Waals surface area contributed by atoms with E-state index in [0.29, 0.717) is 190 Å². The number of nitrogen functional groups attached to an aromatic ring is 2. The minimum absolute atomic E-state index is 0.0192. The second-order valence-corrected chi connectivity index (χ2v) is 35.7. The van der Waals surface area contributed by atoms with Gasteiger partial charge in [-0.15, -0.1) is 5.10 Å². The second kappa shape index (κ2) is 50.5. The molecule has 5 aliphatic rings. The number of aliphatic hydroxyl groups excluding tert-OH is 2. The fraction of sp³-hybridized carbons (Fsp3) is 0.604. The number of allylic oxidation sites excluding steroid dienone is 6. The number of carbonyl (C=O) groups is 6. The fourth-order valence-corrected chi connectivity index (χ4v) is 17.9. The van der Waals surface area contributed by atoms with Gasteiger partial charge in [0.15, 0.2) is 17.0 Å². The lowest BCUT2D eigenvalue weighted by molar-refractivity contribution is -0.265. The number of carbonyl (C=O) groups excluding carboxylic acids is 6. The van der Waals surface area contributed by atoms with Crippen LogP contribution in [0.2, 0.25) is 0 Å². The minimum Gasteiger partial charge on any atom is -0.459 e. The molecule has 37 nitrogen and oxygen atoms in total. The van der Waals surface area contributed by atoms with Crippen LogP contribution in [0.15, 0.2) is 119 Å². The molecule has 10 N–H and O–H groups in total. The first-order chi connectivity index (χ1) is 64.2. The maximum absolute atomic E-state index is 14.8. The summed E-state index contributed by atoms with van der Waals surface area (Å²) >= 11 is 0. The number of esters is 1. The van der Waals surface area contributed by atoms with E-state index in [1.807, 2.05) is 93.1 Å². The maximum atomic E-state index is 14.8. The first-order valence-corrected chi connectivity index (χ1v) is 46.8. The predicted molar refractivity (Wildman–Crippen MR) is 495 cm³/mol. The summed E-state index contributed by atoms with van der Waals surface area (Å²) in [4.78, 5) is 113. The monoisotopic (exact) mass is 1850 g/mol. The lowest BCUT2D eigenvalue weighted by Crippen LogP contribution is -2.61. The fourth-order valence-electron chi connectivity index (χ4n) is 17.9. The van der Waals surface area contributed by atoms with E-state index in [1.165, 1.54) is 19.3 Å². The van der Waals surface area contributed by atoms with Crippen molar-refractivity contribution in [2.24, 2.45) is 35.3 Å². The van der Waals surface area contributed by atoms with Crippen LogP contribution < -0.4 is 27.4 Å². The SMILES string of the molecule is CO[C@H]1C[C@@H]2CC[C@@H](C)[C@@](O)(O2)C(=O)C(=O)N2CCCC[C@H]2C(=O)O[C@H]([C@H](N)C[C@@H]2CC[C@@H](OCc3cccc(-c4cnc(N5CCN(Cc6cn(CCOCCOCCOCCOCCOCCC(=O)NCCCCn7nc(-c8ccc9oc(N)nc9c8)c8c(N)ncnc87)nn6)CC5)nc4)c3)[C@H](OC)C2)CC(=O)[C@H](C)/C=C(\C)[C@@H](O)[C@@H](O)C(=O)[C@H](C)C[C@H](C)/C=C/C=CC=C1C. The van der Waals surface area contributed by atoms with Crippen molar-refractivity contribution in [1.82, 2.24) is 64.8 Å². The van der Waals surface area contributed by atoms with E-state index in [1.54, 1.807) is 50.4 Å². The van der Waals surface area contributed by atoms with E-state index in [0.717, 1.165) is 77.4 Å². The number of aromatic nitrogens is 10. The van der Waals surface area contributed by atoms with Crippen LogP contribution >= 0.6 is 0 Å². The largest absolute Gasteiger partial charge is 0.459 e. The van der Waals surface area contributed by atoms with Gasteiger partial charge in [0, 0.05) is 139 Å². The number of oxazole rings is 1. The van der Waals surface area contributed by atoms with E-state index in [-0.39, 0.29) is 80.4 Å². The summed E-state index contributed by atoms with van der Waals surface area (Å²) in [7, 11) is 3.20. The summed E-state index contributed by atoms with van der Waals surface area (Å²) in [5.41, 5.74) is 27.0. The number of amides is 2. The highest BCUT2D eigenvalue weighted by Gasteiger charge is 2.53. The zero-order valence-electron chi connectivity index (χ0n) is 78.0. The van der Waals surface area contributed by atoms with Crippen molar-refractivity contribution in [3.05, 3.63) is 126 Å². The number of aliphatic hydroxyl groups is 3. The third-order valence-electron chi connectivity index (χ3n) is 25.7. The van der Waals surface area contributed by atoms with Crippen molar-refractivity contribution in [2.75, 3.05) is 136 Å². The number of rotatable bonds is 36. The third kappa shape index (κ3) is 28.7. The average molecular weight is 1850 g/mol. The molecule has 2 amide bonds. The van der Waals surface area contributed by atoms with Crippen molar-refractivity contribution in [3.63, 3.8) is 0 Å². The van der Waals surface area contributed by atoms with Crippen molar-refractivity contribution in [3.8, 4) is 22.4 Å². The first kappa shape index (κ1) is 102. The highest BCUT2D eigenvalue weighted by molar-refractivity contribution is 6.39. The molecule has 9 heterocycles. The van der Waals surface area contributed by atoms with Gasteiger partial charge in [0.1, 0.15) is 53.5 Å². The number of nitrogens with two attached hydrogens (primary N) is 3. The molecule has 4 fully saturated rings. The molecule has 1 aliphatic carbocycles. The van der Waals surface area contributed by atoms with Crippen LogP contribution in [0, 0.1) is 29.6 Å². The van der Waals surface area contributed by atoms with Crippen molar-refractivity contribution < 1.29 is 95.9 Å². The molecule has 724 valence electrons. The van der Waals surface area contributed by atoms with Crippen LogP contribution in [0.1, 0.15) is 149 Å². The summed E-state index contributed by atoms with van der Waals surface area (Å²) in [5, 5.41) is 52.0. The number of fused-ring (bicyclic) bond motifs is 5.